The zero-order valence-corrected chi connectivity index (χ0v) is 24.7. The van der Waals surface area contributed by atoms with Crippen molar-refractivity contribution in [1.82, 2.24) is 0 Å². The van der Waals surface area contributed by atoms with Gasteiger partial charge in [0.05, 0.1) is 6.61 Å². The normalized spacial score (nSPS) is 50.0. The van der Waals surface area contributed by atoms with E-state index in [1.165, 1.54) is 51.4 Å². The molecule has 8 unspecified atom stereocenters. The Labute approximate surface area is 225 Å². The van der Waals surface area contributed by atoms with Crippen LogP contribution < -0.4 is 0 Å². The molecule has 0 N–H and O–H groups in total. The summed E-state index contributed by atoms with van der Waals surface area (Å²) in [6.45, 7) is 20.7. The third kappa shape index (κ3) is 3.73. The summed E-state index contributed by atoms with van der Waals surface area (Å²) in [5.41, 5.74) is 0.997. The maximum Gasteiger partial charge on any atom is 0.302 e. The van der Waals surface area contributed by atoms with Crippen LogP contribution in [-0.2, 0) is 19.1 Å². The van der Waals surface area contributed by atoms with Crippen LogP contribution in [0.25, 0.3) is 0 Å². The Kier molecular flexibility index (Phi) is 6.52. The molecule has 5 rings (SSSR count). The van der Waals surface area contributed by atoms with Gasteiger partial charge in [-0.1, -0.05) is 40.7 Å². The first-order valence-electron chi connectivity index (χ1n) is 15.2. The summed E-state index contributed by atoms with van der Waals surface area (Å²) in [6.07, 6.45) is 14.2. The predicted molar refractivity (Wildman–Crippen MR) is 147 cm³/mol. The van der Waals surface area contributed by atoms with Gasteiger partial charge in [-0.2, -0.15) is 0 Å². The van der Waals surface area contributed by atoms with Crippen molar-refractivity contribution in [3.05, 3.63) is 12.7 Å². The molecule has 0 saturated heterocycles. The van der Waals surface area contributed by atoms with E-state index in [1.807, 2.05) is 0 Å². The molecule has 208 valence electrons. The van der Waals surface area contributed by atoms with E-state index in [4.69, 9.17) is 9.47 Å². The highest BCUT2D eigenvalue weighted by atomic mass is 16.5. The second-order valence-electron chi connectivity index (χ2n) is 15.2. The second kappa shape index (κ2) is 8.85. The van der Waals surface area contributed by atoms with Crippen molar-refractivity contribution in [2.75, 3.05) is 6.61 Å². The van der Waals surface area contributed by atoms with Crippen LogP contribution in [-0.4, -0.2) is 24.6 Å². The molecule has 4 heteroatoms. The van der Waals surface area contributed by atoms with E-state index in [-0.39, 0.29) is 39.7 Å². The van der Waals surface area contributed by atoms with Gasteiger partial charge in [-0.3, -0.25) is 9.59 Å². The van der Waals surface area contributed by atoms with Crippen LogP contribution in [0.3, 0.4) is 0 Å². The number of ether oxygens (including phenoxy) is 2. The molecule has 5 fully saturated rings. The molecule has 0 aliphatic heterocycles. The molecule has 0 amide bonds. The molecule has 5 aliphatic rings. The largest absolute Gasteiger partial charge is 0.465 e. The average Bonchev–Trinajstić information content (AvgIpc) is 3.19. The first-order chi connectivity index (χ1) is 17.2. The highest BCUT2D eigenvalue weighted by molar-refractivity contribution is 5.66. The lowest BCUT2D eigenvalue weighted by Gasteiger charge is -2.73. The van der Waals surface area contributed by atoms with E-state index in [9.17, 15) is 9.59 Å². The van der Waals surface area contributed by atoms with Crippen molar-refractivity contribution in [2.45, 2.75) is 119 Å². The topological polar surface area (TPSA) is 52.6 Å². The van der Waals surface area contributed by atoms with Crippen molar-refractivity contribution in [1.29, 1.82) is 0 Å². The molecule has 37 heavy (non-hydrogen) atoms. The Bertz CT molecular complexity index is 954. The van der Waals surface area contributed by atoms with Gasteiger partial charge >= 0.3 is 11.9 Å². The Balaban J connectivity index is 1.48. The van der Waals surface area contributed by atoms with Crippen molar-refractivity contribution < 1.29 is 19.1 Å². The summed E-state index contributed by atoms with van der Waals surface area (Å²) in [6, 6.07) is 0. The molecule has 0 aromatic carbocycles. The fraction of sp³-hybridized carbons (Fsp3) is 0.879. The van der Waals surface area contributed by atoms with Crippen LogP contribution in [0.1, 0.15) is 113 Å². The zero-order chi connectivity index (χ0) is 27.0. The molecule has 5 saturated carbocycles. The van der Waals surface area contributed by atoms with Gasteiger partial charge in [0, 0.05) is 24.7 Å². The third-order valence-electron chi connectivity index (χ3n) is 13.8. The van der Waals surface area contributed by atoms with E-state index in [1.54, 1.807) is 13.8 Å². The molecule has 0 heterocycles. The zero-order valence-electron chi connectivity index (χ0n) is 24.7. The highest BCUT2D eigenvalue weighted by Gasteiger charge is 2.71. The van der Waals surface area contributed by atoms with Gasteiger partial charge in [-0.05, 0) is 110 Å². The number of esters is 2. The number of rotatable bonds is 4. The molecule has 0 bridgehead atoms. The molecule has 0 aromatic rings. The molecule has 0 radical (unpaired) electrons. The van der Waals surface area contributed by atoms with Gasteiger partial charge in [0.15, 0.2) is 0 Å². The van der Waals surface area contributed by atoms with Crippen molar-refractivity contribution in [3.8, 4) is 0 Å². The fourth-order valence-corrected chi connectivity index (χ4v) is 11.9. The average molecular weight is 513 g/mol. The monoisotopic (exact) mass is 512 g/mol. The number of allylic oxidation sites excluding steroid dienone is 1. The van der Waals surface area contributed by atoms with Gasteiger partial charge in [-0.15, -0.1) is 6.58 Å². The lowest BCUT2D eigenvalue weighted by molar-refractivity contribution is -0.251. The standard InChI is InChI=1S/C33H52O4/c1-9-23-12-17-33(20-36-21(2)34)19-18-31(7)24(28(23)33)10-11-26-30(6)15-14-27(37-22(3)35)29(4,5)25(30)13-16-32(26,31)8/h9,23-28H,1,10-20H2,2-8H3/t23-,24?,25?,26?,27?,28?,30?,31-,32?,33?/m0/s1. The van der Waals surface area contributed by atoms with Crippen molar-refractivity contribution in [2.24, 2.45) is 56.7 Å². The Morgan fingerprint density at radius 2 is 1.54 bits per heavy atom. The number of hydrogen-bond donors (Lipinski definition) is 0. The number of carbonyl (C=O) groups excluding carboxylic acids is 2. The van der Waals surface area contributed by atoms with E-state index < -0.39 is 0 Å². The Morgan fingerprint density at radius 1 is 0.811 bits per heavy atom. The minimum atomic E-state index is -0.141. The number of hydrogen-bond acceptors (Lipinski definition) is 4. The Hall–Kier alpha value is -1.32. The SMILES string of the molecule is C=C[C@H]1CCC2(COC(C)=O)CC[C@@]3(C)C(CCC4C5(C)CCC(OC(C)=O)C(C)(C)C5CCC43C)C12. The summed E-state index contributed by atoms with van der Waals surface area (Å²) in [7, 11) is 0. The van der Waals surface area contributed by atoms with Gasteiger partial charge in [0.25, 0.3) is 0 Å². The number of carbonyl (C=O) groups is 2. The molecule has 4 nitrogen and oxygen atoms in total. The van der Waals surface area contributed by atoms with Crippen LogP contribution in [0.15, 0.2) is 12.7 Å². The van der Waals surface area contributed by atoms with Crippen molar-refractivity contribution >= 4 is 11.9 Å². The summed E-state index contributed by atoms with van der Waals surface area (Å²) in [5, 5.41) is 0. The van der Waals surface area contributed by atoms with Crippen LogP contribution in [0, 0.1) is 56.7 Å². The van der Waals surface area contributed by atoms with E-state index in [2.05, 4.69) is 47.3 Å². The minimum absolute atomic E-state index is 0.00287. The summed E-state index contributed by atoms with van der Waals surface area (Å²) < 4.78 is 11.7. The first kappa shape index (κ1) is 27.3. The van der Waals surface area contributed by atoms with Crippen LogP contribution in [0.2, 0.25) is 0 Å². The third-order valence-corrected chi connectivity index (χ3v) is 13.8. The molecular formula is C33H52O4. The van der Waals surface area contributed by atoms with Gasteiger partial charge in [0.1, 0.15) is 6.10 Å². The van der Waals surface area contributed by atoms with Gasteiger partial charge < -0.3 is 9.47 Å². The van der Waals surface area contributed by atoms with Crippen LogP contribution in [0.4, 0.5) is 0 Å². The molecule has 0 spiro atoms. The maximum atomic E-state index is 11.9. The minimum Gasteiger partial charge on any atom is -0.465 e. The fourth-order valence-electron chi connectivity index (χ4n) is 11.9. The van der Waals surface area contributed by atoms with Crippen LogP contribution in [0.5, 0.6) is 0 Å². The number of fused-ring (bicyclic) bond motifs is 7. The van der Waals surface area contributed by atoms with E-state index >= 15 is 0 Å². The quantitative estimate of drug-likeness (QED) is 0.285. The smallest absolute Gasteiger partial charge is 0.302 e. The summed E-state index contributed by atoms with van der Waals surface area (Å²) in [5.74, 6) is 2.76. The molecule has 5 aliphatic carbocycles. The van der Waals surface area contributed by atoms with Crippen molar-refractivity contribution in [3.63, 3.8) is 0 Å². The predicted octanol–water partition coefficient (Wildman–Crippen LogP) is 7.75. The molecule has 10 atom stereocenters. The van der Waals surface area contributed by atoms with E-state index in [0.29, 0.717) is 41.6 Å². The first-order valence-corrected chi connectivity index (χ1v) is 15.2. The summed E-state index contributed by atoms with van der Waals surface area (Å²) >= 11 is 0. The summed E-state index contributed by atoms with van der Waals surface area (Å²) in [4.78, 5) is 23.8. The van der Waals surface area contributed by atoms with Gasteiger partial charge in [0.2, 0.25) is 0 Å². The molecule has 0 aromatic heterocycles. The highest BCUT2D eigenvalue weighted by Crippen LogP contribution is 2.77. The second-order valence-corrected chi connectivity index (χ2v) is 15.2. The van der Waals surface area contributed by atoms with Gasteiger partial charge in [-0.25, -0.2) is 0 Å². The molecular weight excluding hydrogens is 460 g/mol. The van der Waals surface area contributed by atoms with Crippen LogP contribution >= 0.6 is 0 Å². The Morgan fingerprint density at radius 3 is 2.19 bits per heavy atom. The lowest BCUT2D eigenvalue weighted by atomic mass is 9.32. The maximum absolute atomic E-state index is 11.9. The van der Waals surface area contributed by atoms with E-state index in [0.717, 1.165) is 12.8 Å². The lowest BCUT2D eigenvalue weighted by Crippen LogP contribution is -2.67.